The smallest absolute Gasteiger partial charge is 0.124 e. The molecule has 0 aliphatic carbocycles. The summed E-state index contributed by atoms with van der Waals surface area (Å²) in [5, 5.41) is 64.4. The van der Waals surface area contributed by atoms with Gasteiger partial charge in [-0.1, -0.05) is 24.3 Å². The van der Waals surface area contributed by atoms with E-state index in [1.54, 1.807) is 13.8 Å². The zero-order valence-corrected chi connectivity index (χ0v) is 22.6. The maximum Gasteiger partial charge on any atom is 0.124 e. The highest BCUT2D eigenvalue weighted by molar-refractivity contribution is 5.85. The SMILES string of the molecule is Cc1cc(Cc2cc(O)c(-c3c(O)cc(Cc4cc(C)c(O)c(C)c4)c(O)c3C)c(C)c2O)cc(C)c1O. The van der Waals surface area contributed by atoms with E-state index >= 15 is 0 Å². The van der Waals surface area contributed by atoms with Crippen molar-refractivity contribution in [3.05, 3.63) is 92.0 Å². The van der Waals surface area contributed by atoms with Crippen LogP contribution in [0.4, 0.5) is 0 Å². The molecule has 0 spiro atoms. The first-order valence-corrected chi connectivity index (χ1v) is 12.5. The molecular formula is C32H34O6. The molecule has 6 N–H and O–H groups in total. The first kappa shape index (κ1) is 26.7. The highest BCUT2D eigenvalue weighted by Crippen LogP contribution is 2.48. The summed E-state index contributed by atoms with van der Waals surface area (Å²) in [4.78, 5) is 0. The summed E-state index contributed by atoms with van der Waals surface area (Å²) in [5.41, 5.74) is 6.92. The topological polar surface area (TPSA) is 121 Å². The van der Waals surface area contributed by atoms with E-state index in [9.17, 15) is 30.6 Å². The molecule has 0 heterocycles. The van der Waals surface area contributed by atoms with Crippen LogP contribution < -0.4 is 0 Å². The average molecular weight is 515 g/mol. The average Bonchev–Trinajstić information content (AvgIpc) is 2.84. The predicted molar refractivity (Wildman–Crippen MR) is 149 cm³/mol. The van der Waals surface area contributed by atoms with Gasteiger partial charge in [0, 0.05) is 46.2 Å². The first-order valence-electron chi connectivity index (χ1n) is 12.5. The second-order valence-electron chi connectivity index (χ2n) is 10.3. The fourth-order valence-corrected chi connectivity index (χ4v) is 5.35. The van der Waals surface area contributed by atoms with Crippen molar-refractivity contribution in [2.45, 2.75) is 54.4 Å². The molecule has 4 rings (SSSR count). The van der Waals surface area contributed by atoms with E-state index in [-0.39, 0.29) is 45.6 Å². The van der Waals surface area contributed by atoms with Gasteiger partial charge in [0.1, 0.15) is 34.5 Å². The van der Waals surface area contributed by atoms with Gasteiger partial charge in [-0.3, -0.25) is 0 Å². The number of phenols is 6. The standard InChI is InChI=1S/C32H34O6/c1-15-7-21(8-16(2)29(15)35)11-23-13-25(33)27(19(5)31(23)37)28-20(6)32(38)24(14-26(28)34)12-22-9-17(3)30(36)18(4)10-22/h7-10,13-14,33-38H,11-12H2,1-6H3. The van der Waals surface area contributed by atoms with Gasteiger partial charge in [-0.25, -0.2) is 0 Å². The Labute approximate surface area is 222 Å². The lowest BCUT2D eigenvalue weighted by Gasteiger charge is -2.20. The molecule has 0 aliphatic heterocycles. The van der Waals surface area contributed by atoms with Gasteiger partial charge in [0.2, 0.25) is 0 Å². The van der Waals surface area contributed by atoms with Crippen LogP contribution in [0.5, 0.6) is 34.5 Å². The van der Waals surface area contributed by atoms with Crippen LogP contribution in [-0.2, 0) is 12.8 Å². The monoisotopic (exact) mass is 514 g/mol. The summed E-state index contributed by atoms with van der Waals surface area (Å²) >= 11 is 0. The van der Waals surface area contributed by atoms with Gasteiger partial charge in [0.15, 0.2) is 0 Å². The minimum atomic E-state index is -0.127. The van der Waals surface area contributed by atoms with Crippen LogP contribution in [0.25, 0.3) is 11.1 Å². The minimum absolute atomic E-state index is 0.0152. The van der Waals surface area contributed by atoms with E-state index < -0.39 is 0 Å². The van der Waals surface area contributed by atoms with Crippen molar-refractivity contribution >= 4 is 0 Å². The molecule has 0 amide bonds. The Morgan fingerprint density at radius 1 is 0.421 bits per heavy atom. The Kier molecular flexibility index (Phi) is 6.94. The summed E-state index contributed by atoms with van der Waals surface area (Å²) in [5.74, 6) is 0.183. The molecule has 0 radical (unpaired) electrons. The Balaban J connectivity index is 1.76. The summed E-state index contributed by atoms with van der Waals surface area (Å²) in [6.07, 6.45) is 0.673. The number of hydrogen-bond donors (Lipinski definition) is 6. The zero-order valence-electron chi connectivity index (χ0n) is 22.6. The molecule has 198 valence electrons. The van der Waals surface area contributed by atoms with Crippen LogP contribution in [0, 0.1) is 41.5 Å². The van der Waals surface area contributed by atoms with Crippen molar-refractivity contribution in [3.63, 3.8) is 0 Å². The normalized spacial score (nSPS) is 11.2. The third-order valence-electron chi connectivity index (χ3n) is 7.34. The highest BCUT2D eigenvalue weighted by atomic mass is 16.3. The van der Waals surface area contributed by atoms with Crippen molar-refractivity contribution < 1.29 is 30.6 Å². The van der Waals surface area contributed by atoms with Crippen molar-refractivity contribution in [3.8, 4) is 45.6 Å². The fourth-order valence-electron chi connectivity index (χ4n) is 5.35. The van der Waals surface area contributed by atoms with Crippen LogP contribution >= 0.6 is 0 Å². The van der Waals surface area contributed by atoms with Gasteiger partial charge in [-0.15, -0.1) is 0 Å². The van der Waals surface area contributed by atoms with E-state index in [1.807, 2.05) is 52.0 Å². The molecule has 0 atom stereocenters. The molecule has 0 unspecified atom stereocenters. The van der Waals surface area contributed by atoms with Crippen molar-refractivity contribution in [1.82, 2.24) is 0 Å². The quantitative estimate of drug-likeness (QED) is 0.167. The third-order valence-corrected chi connectivity index (χ3v) is 7.34. The maximum absolute atomic E-state index is 11.1. The second kappa shape index (κ2) is 9.86. The molecule has 6 heteroatoms. The second-order valence-corrected chi connectivity index (χ2v) is 10.3. The summed E-state index contributed by atoms with van der Waals surface area (Å²) in [6.45, 7) is 10.6. The van der Waals surface area contributed by atoms with E-state index in [2.05, 4.69) is 0 Å². The van der Waals surface area contributed by atoms with Crippen LogP contribution in [-0.4, -0.2) is 30.6 Å². The molecule has 0 saturated heterocycles. The number of aromatic hydroxyl groups is 6. The van der Waals surface area contributed by atoms with Gasteiger partial charge < -0.3 is 30.6 Å². The van der Waals surface area contributed by atoms with Crippen molar-refractivity contribution in [1.29, 1.82) is 0 Å². The molecule has 0 saturated carbocycles. The predicted octanol–water partition coefficient (Wildman–Crippen LogP) is 6.62. The molecular weight excluding hydrogens is 480 g/mol. The van der Waals surface area contributed by atoms with E-state index in [1.165, 1.54) is 12.1 Å². The number of benzene rings is 4. The van der Waals surface area contributed by atoms with E-state index in [4.69, 9.17) is 0 Å². The molecule has 0 aromatic heterocycles. The lowest BCUT2D eigenvalue weighted by molar-refractivity contribution is 0.446. The number of rotatable bonds is 5. The molecule has 4 aromatic carbocycles. The van der Waals surface area contributed by atoms with Crippen LogP contribution in [0.2, 0.25) is 0 Å². The lowest BCUT2D eigenvalue weighted by atomic mass is 9.88. The minimum Gasteiger partial charge on any atom is -0.507 e. The number of aryl methyl sites for hydroxylation is 4. The summed E-state index contributed by atoms with van der Waals surface area (Å²) in [6, 6.07) is 10.3. The molecule has 0 fully saturated rings. The van der Waals surface area contributed by atoms with Gasteiger partial charge in [-0.2, -0.15) is 0 Å². The maximum atomic E-state index is 11.1. The first-order chi connectivity index (χ1) is 17.8. The molecule has 6 nitrogen and oxygen atoms in total. The third kappa shape index (κ3) is 4.70. The van der Waals surface area contributed by atoms with Crippen LogP contribution in [0.1, 0.15) is 55.6 Å². The van der Waals surface area contributed by atoms with Crippen LogP contribution in [0.3, 0.4) is 0 Å². The van der Waals surface area contributed by atoms with E-state index in [0.717, 1.165) is 33.4 Å². The largest absolute Gasteiger partial charge is 0.507 e. The van der Waals surface area contributed by atoms with Gasteiger partial charge in [-0.05, 0) is 87.1 Å². The Bertz CT molecular complexity index is 1420. The molecule has 0 aliphatic rings. The van der Waals surface area contributed by atoms with Crippen LogP contribution in [0.15, 0.2) is 36.4 Å². The Hall–Kier alpha value is -4.32. The van der Waals surface area contributed by atoms with Gasteiger partial charge in [0.25, 0.3) is 0 Å². The van der Waals surface area contributed by atoms with Gasteiger partial charge in [0.05, 0.1) is 0 Å². The Morgan fingerprint density at radius 2 is 0.711 bits per heavy atom. The molecule has 4 aromatic rings. The zero-order chi connectivity index (χ0) is 28.0. The molecule has 0 bridgehead atoms. The number of phenolic OH excluding ortho intramolecular Hbond substituents is 6. The van der Waals surface area contributed by atoms with E-state index in [0.29, 0.717) is 35.1 Å². The van der Waals surface area contributed by atoms with Crippen molar-refractivity contribution in [2.75, 3.05) is 0 Å². The summed E-state index contributed by atoms with van der Waals surface area (Å²) < 4.78 is 0. The number of hydrogen-bond acceptors (Lipinski definition) is 6. The molecule has 38 heavy (non-hydrogen) atoms. The Morgan fingerprint density at radius 3 is 1.00 bits per heavy atom. The highest BCUT2D eigenvalue weighted by Gasteiger charge is 2.24. The van der Waals surface area contributed by atoms with Crippen molar-refractivity contribution in [2.24, 2.45) is 0 Å². The van der Waals surface area contributed by atoms with Gasteiger partial charge >= 0.3 is 0 Å². The summed E-state index contributed by atoms with van der Waals surface area (Å²) in [7, 11) is 0. The lowest BCUT2D eigenvalue weighted by Crippen LogP contribution is -1.99. The fraction of sp³-hybridized carbons (Fsp3) is 0.250.